The Hall–Kier alpha value is -2.42. The molecule has 0 saturated heterocycles. The zero-order valence-electron chi connectivity index (χ0n) is 14.6. The first-order chi connectivity index (χ1) is 10.8. The van der Waals surface area contributed by atoms with Gasteiger partial charge in [0, 0.05) is 35.7 Å². The standard InChI is InChI=1S/C20H27N3/c1-7-23-12-17(11-21)15(5)16(6)20(22)18-9-8-14(4)10-19(18)13(2)3/h8-13,22H,5-7,21H2,1-4H3. The largest absolute Gasteiger partial charge is 0.404 e. The predicted octanol–water partition coefficient (Wildman–Crippen LogP) is 4.53. The van der Waals surface area contributed by atoms with E-state index in [4.69, 9.17) is 11.1 Å². The van der Waals surface area contributed by atoms with Gasteiger partial charge in [0.15, 0.2) is 0 Å². The van der Waals surface area contributed by atoms with E-state index >= 15 is 0 Å². The number of nitrogens with zero attached hydrogens (tertiary/aromatic N) is 1. The molecule has 23 heavy (non-hydrogen) atoms. The van der Waals surface area contributed by atoms with E-state index < -0.39 is 0 Å². The zero-order chi connectivity index (χ0) is 17.6. The molecule has 0 radical (unpaired) electrons. The predicted molar refractivity (Wildman–Crippen MR) is 102 cm³/mol. The maximum atomic E-state index is 8.54. The monoisotopic (exact) mass is 309 g/mol. The third-order valence-corrected chi connectivity index (χ3v) is 3.71. The molecule has 1 rings (SSSR count). The van der Waals surface area contributed by atoms with E-state index in [2.05, 4.69) is 45.0 Å². The van der Waals surface area contributed by atoms with Gasteiger partial charge in [-0.15, -0.1) is 0 Å². The molecule has 0 unspecified atom stereocenters. The fraction of sp³-hybridized carbons (Fsp3) is 0.300. The summed E-state index contributed by atoms with van der Waals surface area (Å²) < 4.78 is 0. The molecule has 1 aromatic carbocycles. The first-order valence-corrected chi connectivity index (χ1v) is 7.83. The second-order valence-electron chi connectivity index (χ2n) is 5.83. The number of hydrogen-bond acceptors (Lipinski definition) is 3. The van der Waals surface area contributed by atoms with Crippen molar-refractivity contribution in [2.24, 2.45) is 10.7 Å². The van der Waals surface area contributed by atoms with Crippen molar-refractivity contribution in [1.29, 1.82) is 5.41 Å². The van der Waals surface area contributed by atoms with Gasteiger partial charge >= 0.3 is 0 Å². The highest BCUT2D eigenvalue weighted by atomic mass is 14.7. The number of hydrogen-bond donors (Lipinski definition) is 2. The number of rotatable bonds is 7. The normalized spacial score (nSPS) is 12.0. The molecule has 3 heteroatoms. The number of aryl methyl sites for hydroxylation is 1. The molecule has 0 spiro atoms. The molecule has 0 bridgehead atoms. The van der Waals surface area contributed by atoms with Crippen molar-refractivity contribution in [2.75, 3.05) is 6.54 Å². The number of allylic oxidation sites excluding steroid dienone is 3. The Balaban J connectivity index is 3.17. The minimum atomic E-state index is 0.331. The molecule has 0 aliphatic carbocycles. The molecule has 0 aliphatic heterocycles. The van der Waals surface area contributed by atoms with Gasteiger partial charge in [0.25, 0.3) is 0 Å². The topological polar surface area (TPSA) is 62.2 Å². The van der Waals surface area contributed by atoms with Gasteiger partial charge in [-0.25, -0.2) is 0 Å². The first-order valence-electron chi connectivity index (χ1n) is 7.83. The molecule has 1 aromatic rings. The summed E-state index contributed by atoms with van der Waals surface area (Å²) >= 11 is 0. The van der Waals surface area contributed by atoms with Crippen molar-refractivity contribution in [3.8, 4) is 0 Å². The second-order valence-corrected chi connectivity index (χ2v) is 5.83. The van der Waals surface area contributed by atoms with Crippen LogP contribution in [-0.2, 0) is 0 Å². The van der Waals surface area contributed by atoms with Crippen LogP contribution in [0.4, 0.5) is 0 Å². The van der Waals surface area contributed by atoms with Crippen LogP contribution in [-0.4, -0.2) is 18.5 Å². The average molecular weight is 309 g/mol. The number of aliphatic imine (C=N–C) groups is 1. The van der Waals surface area contributed by atoms with Crippen molar-refractivity contribution in [3.63, 3.8) is 0 Å². The lowest BCUT2D eigenvalue weighted by Crippen LogP contribution is -2.11. The Labute approximate surface area is 139 Å². The van der Waals surface area contributed by atoms with Crippen molar-refractivity contribution in [2.45, 2.75) is 33.6 Å². The van der Waals surface area contributed by atoms with E-state index in [1.165, 1.54) is 11.8 Å². The smallest absolute Gasteiger partial charge is 0.0687 e. The molecule has 0 aliphatic rings. The van der Waals surface area contributed by atoms with Crippen molar-refractivity contribution in [3.05, 3.63) is 71.0 Å². The lowest BCUT2D eigenvalue weighted by Gasteiger charge is -2.17. The Morgan fingerprint density at radius 2 is 1.96 bits per heavy atom. The summed E-state index contributed by atoms with van der Waals surface area (Å²) in [6, 6.07) is 6.13. The number of nitrogens with one attached hydrogen (secondary N) is 1. The Kier molecular flexibility index (Phi) is 6.70. The fourth-order valence-corrected chi connectivity index (χ4v) is 2.29. The minimum Gasteiger partial charge on any atom is -0.404 e. The number of nitrogens with two attached hydrogens (primary N) is 1. The summed E-state index contributed by atoms with van der Waals surface area (Å²) in [5, 5.41) is 8.54. The van der Waals surface area contributed by atoms with E-state index in [9.17, 15) is 0 Å². The summed E-state index contributed by atoms with van der Waals surface area (Å²) in [7, 11) is 0. The molecular formula is C20H27N3. The van der Waals surface area contributed by atoms with Crippen LogP contribution >= 0.6 is 0 Å². The van der Waals surface area contributed by atoms with Crippen LogP contribution in [0.5, 0.6) is 0 Å². The summed E-state index contributed by atoms with van der Waals surface area (Å²) in [5.74, 6) is 0.331. The van der Waals surface area contributed by atoms with E-state index in [1.54, 1.807) is 6.21 Å². The van der Waals surface area contributed by atoms with Gasteiger partial charge in [-0.2, -0.15) is 0 Å². The van der Waals surface area contributed by atoms with Crippen LogP contribution in [0.2, 0.25) is 0 Å². The van der Waals surface area contributed by atoms with E-state index in [0.717, 1.165) is 11.1 Å². The van der Waals surface area contributed by atoms with Crippen LogP contribution in [0, 0.1) is 12.3 Å². The van der Waals surface area contributed by atoms with Gasteiger partial charge in [0.1, 0.15) is 0 Å². The van der Waals surface area contributed by atoms with Gasteiger partial charge in [0.05, 0.1) is 5.71 Å². The van der Waals surface area contributed by atoms with Gasteiger partial charge in [-0.05, 0) is 30.9 Å². The molecule has 0 aromatic heterocycles. The molecule has 122 valence electrons. The zero-order valence-corrected chi connectivity index (χ0v) is 14.6. The van der Waals surface area contributed by atoms with Crippen molar-refractivity contribution < 1.29 is 0 Å². The van der Waals surface area contributed by atoms with Crippen molar-refractivity contribution in [1.82, 2.24) is 0 Å². The van der Waals surface area contributed by atoms with Gasteiger partial charge in [-0.3, -0.25) is 10.4 Å². The lowest BCUT2D eigenvalue weighted by molar-refractivity contribution is 0.862. The van der Waals surface area contributed by atoms with Crippen LogP contribution in [0.3, 0.4) is 0 Å². The van der Waals surface area contributed by atoms with Crippen LogP contribution in [0.25, 0.3) is 0 Å². The molecule has 3 nitrogen and oxygen atoms in total. The van der Waals surface area contributed by atoms with E-state index in [-0.39, 0.29) is 0 Å². The molecule has 3 N–H and O–H groups in total. The SMILES string of the molecule is C=C(C(=C)C(C=NCC)=CN)C(=N)c1ccc(C)cc1C(C)C. The maximum Gasteiger partial charge on any atom is 0.0687 e. The third kappa shape index (κ3) is 4.52. The highest BCUT2D eigenvalue weighted by molar-refractivity contribution is 6.15. The van der Waals surface area contributed by atoms with Gasteiger partial charge in [-0.1, -0.05) is 50.8 Å². The molecule has 0 fully saturated rings. The third-order valence-electron chi connectivity index (χ3n) is 3.71. The summed E-state index contributed by atoms with van der Waals surface area (Å²) in [4.78, 5) is 4.19. The van der Waals surface area contributed by atoms with Crippen molar-refractivity contribution >= 4 is 11.9 Å². The fourth-order valence-electron chi connectivity index (χ4n) is 2.29. The molecule has 0 atom stereocenters. The summed E-state index contributed by atoms with van der Waals surface area (Å²) in [5.41, 5.74) is 11.1. The van der Waals surface area contributed by atoms with E-state index in [1.807, 2.05) is 19.1 Å². The quantitative estimate of drug-likeness (QED) is 0.564. The van der Waals surface area contributed by atoms with Crippen LogP contribution in [0.15, 0.2) is 59.3 Å². The summed E-state index contributed by atoms with van der Waals surface area (Å²) in [6.07, 6.45) is 3.14. The number of benzene rings is 1. The Morgan fingerprint density at radius 3 is 2.48 bits per heavy atom. The molecular weight excluding hydrogens is 282 g/mol. The van der Waals surface area contributed by atoms with Gasteiger partial charge in [0.2, 0.25) is 0 Å². The minimum absolute atomic E-state index is 0.331. The van der Waals surface area contributed by atoms with Gasteiger partial charge < -0.3 is 5.73 Å². The Bertz CT molecular complexity index is 676. The highest BCUT2D eigenvalue weighted by Gasteiger charge is 2.16. The lowest BCUT2D eigenvalue weighted by atomic mass is 9.87. The highest BCUT2D eigenvalue weighted by Crippen LogP contribution is 2.26. The van der Waals surface area contributed by atoms with Crippen LogP contribution in [0.1, 0.15) is 43.4 Å². The summed E-state index contributed by atoms with van der Waals surface area (Å²) in [6.45, 7) is 17.0. The maximum absolute atomic E-state index is 8.54. The average Bonchev–Trinajstić information content (AvgIpc) is 2.53. The first kappa shape index (κ1) is 18.6. The molecule has 0 saturated carbocycles. The van der Waals surface area contributed by atoms with E-state index in [0.29, 0.717) is 34.9 Å². The Morgan fingerprint density at radius 1 is 1.30 bits per heavy atom. The van der Waals surface area contributed by atoms with Crippen LogP contribution < -0.4 is 5.73 Å². The second kappa shape index (κ2) is 8.28. The molecule has 0 heterocycles. The molecule has 0 amide bonds.